The zero-order chi connectivity index (χ0) is 17.4. The molecule has 0 saturated heterocycles. The number of carbonyl (C=O) groups is 2. The van der Waals surface area contributed by atoms with Crippen LogP contribution in [0.1, 0.15) is 16.8 Å². The number of nitrogens with two attached hydrogens (primary N) is 1. The molecule has 7 nitrogen and oxygen atoms in total. The molecule has 1 amide bonds. The van der Waals surface area contributed by atoms with Gasteiger partial charge in [0.05, 0.1) is 30.9 Å². The number of hydrogen-bond donors (Lipinski definition) is 2. The van der Waals surface area contributed by atoms with Gasteiger partial charge in [0.25, 0.3) is 0 Å². The Bertz CT molecular complexity index is 550. The Morgan fingerprint density at radius 1 is 1.30 bits per heavy atom. The molecule has 0 fully saturated rings. The van der Waals surface area contributed by atoms with Gasteiger partial charge in [0, 0.05) is 13.7 Å². The van der Waals surface area contributed by atoms with Gasteiger partial charge in [-0.15, -0.1) is 0 Å². The molecule has 0 aromatic heterocycles. The Balaban J connectivity index is 2.95. The van der Waals surface area contributed by atoms with E-state index < -0.39 is 24.6 Å². The number of carbonyl (C=O) groups excluding carboxylic acids is 2. The number of nitrogens with one attached hydrogen (secondary N) is 1. The molecule has 1 unspecified atom stereocenters. The van der Waals surface area contributed by atoms with Crippen LogP contribution in [0.2, 0.25) is 0 Å². The lowest BCUT2D eigenvalue weighted by Crippen LogP contribution is -2.28. The standard InChI is InChI=1S/C14H18F2N2O5/c1-21-9(7-17)6-12(19)18-10-4-3-8(13(20)22-2)5-11(10)23-14(15)16/h3-5,9,14H,6-7,17H2,1-2H3,(H,18,19). The molecule has 23 heavy (non-hydrogen) atoms. The fourth-order valence-electron chi connectivity index (χ4n) is 1.73. The first-order chi connectivity index (χ1) is 10.9. The van der Waals surface area contributed by atoms with E-state index in [1.165, 1.54) is 19.2 Å². The van der Waals surface area contributed by atoms with Crippen molar-refractivity contribution in [2.24, 2.45) is 5.73 Å². The van der Waals surface area contributed by atoms with Crippen molar-refractivity contribution in [1.29, 1.82) is 0 Å². The quantitative estimate of drug-likeness (QED) is 0.698. The van der Waals surface area contributed by atoms with Crippen LogP contribution in [0, 0.1) is 0 Å². The highest BCUT2D eigenvalue weighted by Crippen LogP contribution is 2.28. The molecule has 0 aliphatic carbocycles. The number of amides is 1. The van der Waals surface area contributed by atoms with Crippen molar-refractivity contribution in [3.63, 3.8) is 0 Å². The molecular weight excluding hydrogens is 314 g/mol. The van der Waals surface area contributed by atoms with E-state index in [1.807, 2.05) is 0 Å². The highest BCUT2D eigenvalue weighted by molar-refractivity contribution is 5.95. The van der Waals surface area contributed by atoms with Crippen molar-refractivity contribution in [3.8, 4) is 5.75 Å². The number of hydrogen-bond acceptors (Lipinski definition) is 6. The van der Waals surface area contributed by atoms with Gasteiger partial charge in [-0.1, -0.05) is 0 Å². The van der Waals surface area contributed by atoms with E-state index in [0.29, 0.717) is 0 Å². The summed E-state index contributed by atoms with van der Waals surface area (Å²) < 4.78 is 38.8. The topological polar surface area (TPSA) is 99.9 Å². The van der Waals surface area contributed by atoms with E-state index in [9.17, 15) is 18.4 Å². The molecule has 0 radical (unpaired) electrons. The van der Waals surface area contributed by atoms with Crippen molar-refractivity contribution in [2.75, 3.05) is 26.1 Å². The van der Waals surface area contributed by atoms with Crippen LogP contribution in [0.3, 0.4) is 0 Å². The molecular formula is C14H18F2N2O5. The van der Waals surface area contributed by atoms with Gasteiger partial charge in [-0.3, -0.25) is 4.79 Å². The Kier molecular flexibility index (Phi) is 7.36. The minimum absolute atomic E-state index is 0.00479. The summed E-state index contributed by atoms with van der Waals surface area (Å²) in [7, 11) is 2.56. The van der Waals surface area contributed by atoms with Gasteiger partial charge in [-0.25, -0.2) is 4.79 Å². The number of alkyl halides is 2. The Labute approximate surface area is 131 Å². The van der Waals surface area contributed by atoms with Crippen LogP contribution in [0.15, 0.2) is 18.2 Å². The molecule has 128 valence electrons. The number of ether oxygens (including phenoxy) is 3. The van der Waals surface area contributed by atoms with Gasteiger partial charge in [0.1, 0.15) is 5.75 Å². The molecule has 0 bridgehead atoms. The molecule has 0 aliphatic rings. The fourth-order valence-corrected chi connectivity index (χ4v) is 1.73. The summed E-state index contributed by atoms with van der Waals surface area (Å²) in [5, 5.41) is 2.41. The molecule has 1 atom stereocenters. The van der Waals surface area contributed by atoms with Gasteiger partial charge in [-0.2, -0.15) is 8.78 Å². The first kappa shape index (κ1) is 18.8. The average molecular weight is 332 g/mol. The minimum Gasteiger partial charge on any atom is -0.465 e. The average Bonchev–Trinajstić information content (AvgIpc) is 2.52. The lowest BCUT2D eigenvalue weighted by Gasteiger charge is -2.15. The lowest BCUT2D eigenvalue weighted by molar-refractivity contribution is -0.118. The van der Waals surface area contributed by atoms with Crippen molar-refractivity contribution in [1.82, 2.24) is 0 Å². The fraction of sp³-hybridized carbons (Fsp3) is 0.429. The second kappa shape index (κ2) is 9.01. The van der Waals surface area contributed by atoms with Crippen molar-refractivity contribution in [2.45, 2.75) is 19.1 Å². The van der Waals surface area contributed by atoms with Crippen molar-refractivity contribution in [3.05, 3.63) is 23.8 Å². The second-order valence-corrected chi connectivity index (χ2v) is 4.43. The van der Waals surface area contributed by atoms with Crippen LogP contribution >= 0.6 is 0 Å². The zero-order valence-corrected chi connectivity index (χ0v) is 12.7. The minimum atomic E-state index is -3.12. The third kappa shape index (κ3) is 5.80. The summed E-state index contributed by atoms with van der Waals surface area (Å²) in [6.07, 6.45) is -0.552. The normalized spacial score (nSPS) is 11.9. The van der Waals surface area contributed by atoms with E-state index in [1.54, 1.807) is 0 Å². The third-order valence-corrected chi connectivity index (χ3v) is 2.90. The second-order valence-electron chi connectivity index (χ2n) is 4.43. The first-order valence-electron chi connectivity index (χ1n) is 6.61. The number of halogens is 2. The number of benzene rings is 1. The SMILES string of the molecule is COC(=O)c1ccc(NC(=O)CC(CN)OC)c(OC(F)F)c1. The van der Waals surface area contributed by atoms with E-state index in [2.05, 4.69) is 14.8 Å². The number of rotatable bonds is 8. The largest absolute Gasteiger partial charge is 0.465 e. The third-order valence-electron chi connectivity index (χ3n) is 2.90. The maximum absolute atomic E-state index is 12.5. The molecule has 1 rings (SSSR count). The molecule has 1 aromatic carbocycles. The highest BCUT2D eigenvalue weighted by atomic mass is 19.3. The highest BCUT2D eigenvalue weighted by Gasteiger charge is 2.17. The molecule has 0 spiro atoms. The Morgan fingerprint density at radius 2 is 2.00 bits per heavy atom. The maximum Gasteiger partial charge on any atom is 0.387 e. The van der Waals surface area contributed by atoms with Crippen LogP contribution in [0.25, 0.3) is 0 Å². The summed E-state index contributed by atoms with van der Waals surface area (Å²) in [6, 6.07) is 3.65. The van der Waals surface area contributed by atoms with Gasteiger partial charge >= 0.3 is 12.6 Å². The number of methoxy groups -OCH3 is 2. The van der Waals surface area contributed by atoms with Crippen LogP contribution in [-0.2, 0) is 14.3 Å². The predicted octanol–water partition coefficient (Wildman–Crippen LogP) is 1.38. The number of esters is 1. The van der Waals surface area contributed by atoms with E-state index >= 15 is 0 Å². The van der Waals surface area contributed by atoms with Crippen LogP contribution in [0.4, 0.5) is 14.5 Å². The van der Waals surface area contributed by atoms with Crippen LogP contribution in [0.5, 0.6) is 5.75 Å². The Morgan fingerprint density at radius 3 is 2.52 bits per heavy atom. The van der Waals surface area contributed by atoms with E-state index in [0.717, 1.165) is 13.2 Å². The maximum atomic E-state index is 12.5. The Hall–Kier alpha value is -2.26. The zero-order valence-electron chi connectivity index (χ0n) is 12.7. The summed E-state index contributed by atoms with van der Waals surface area (Å²) in [5.41, 5.74) is 5.42. The molecule has 3 N–H and O–H groups in total. The van der Waals surface area contributed by atoms with E-state index in [4.69, 9.17) is 10.5 Å². The van der Waals surface area contributed by atoms with Gasteiger partial charge in [-0.05, 0) is 18.2 Å². The van der Waals surface area contributed by atoms with Gasteiger partial charge in [0.15, 0.2) is 0 Å². The molecule has 0 saturated carbocycles. The summed E-state index contributed by atoms with van der Waals surface area (Å²) in [4.78, 5) is 23.3. The monoisotopic (exact) mass is 332 g/mol. The predicted molar refractivity (Wildman–Crippen MR) is 77.5 cm³/mol. The van der Waals surface area contributed by atoms with Crippen molar-refractivity contribution >= 4 is 17.6 Å². The summed E-state index contributed by atoms with van der Waals surface area (Å²) >= 11 is 0. The van der Waals surface area contributed by atoms with Crippen LogP contribution in [-0.4, -0.2) is 45.4 Å². The number of anilines is 1. The van der Waals surface area contributed by atoms with Gasteiger partial charge < -0.3 is 25.3 Å². The summed E-state index contributed by atoms with van der Waals surface area (Å²) in [5.74, 6) is -1.56. The summed E-state index contributed by atoms with van der Waals surface area (Å²) in [6.45, 7) is -2.99. The van der Waals surface area contributed by atoms with Gasteiger partial charge in [0.2, 0.25) is 5.91 Å². The molecule has 9 heteroatoms. The molecule has 0 aliphatic heterocycles. The molecule has 0 heterocycles. The molecule has 1 aromatic rings. The van der Waals surface area contributed by atoms with E-state index in [-0.39, 0.29) is 30.0 Å². The first-order valence-corrected chi connectivity index (χ1v) is 6.61. The van der Waals surface area contributed by atoms with Crippen molar-refractivity contribution < 1.29 is 32.6 Å². The van der Waals surface area contributed by atoms with Crippen LogP contribution < -0.4 is 15.8 Å². The lowest BCUT2D eigenvalue weighted by atomic mass is 10.1. The smallest absolute Gasteiger partial charge is 0.387 e.